The van der Waals surface area contributed by atoms with Crippen LogP contribution in [0.4, 0.5) is 0 Å². The van der Waals surface area contributed by atoms with Crippen molar-refractivity contribution in [1.29, 1.82) is 0 Å². The molecule has 0 aromatic heterocycles. The van der Waals surface area contributed by atoms with E-state index >= 15 is 0 Å². The van der Waals surface area contributed by atoms with Crippen molar-refractivity contribution in [3.8, 4) is 0 Å². The van der Waals surface area contributed by atoms with Gasteiger partial charge in [0.15, 0.2) is 0 Å². The molecule has 1 aliphatic heterocycles. The minimum Gasteiger partial charge on any atom is -0.361 e. The van der Waals surface area contributed by atoms with Gasteiger partial charge in [0.2, 0.25) is 0 Å². The topological polar surface area (TPSA) is 9.23 Å². The Morgan fingerprint density at radius 1 is 0.789 bits per heavy atom. The summed E-state index contributed by atoms with van der Waals surface area (Å²) in [5.74, 6) is 0. The fraction of sp³-hybridized carbons (Fsp3) is 0.333. The lowest BCUT2D eigenvalue weighted by Crippen LogP contribution is -2.63. The molecule has 0 radical (unpaired) electrons. The van der Waals surface area contributed by atoms with Crippen molar-refractivity contribution in [2.45, 2.75) is 32.5 Å². The Morgan fingerprint density at radius 2 is 1.21 bits per heavy atom. The number of ether oxygens (including phenoxy) is 1. The monoisotopic (exact) mass is 252 g/mol. The van der Waals surface area contributed by atoms with E-state index in [2.05, 4.69) is 81.4 Å². The SMILES string of the molecule is C[C@@H]1OC(c2ccccc2)(c2ccccc2)C1(C)C. The Balaban J connectivity index is 2.19. The van der Waals surface area contributed by atoms with Gasteiger partial charge in [-0.25, -0.2) is 0 Å². The number of hydrogen-bond donors (Lipinski definition) is 0. The highest BCUT2D eigenvalue weighted by molar-refractivity contribution is 5.42. The van der Waals surface area contributed by atoms with Gasteiger partial charge in [0.05, 0.1) is 6.10 Å². The van der Waals surface area contributed by atoms with E-state index in [9.17, 15) is 0 Å². The zero-order chi connectivity index (χ0) is 13.5. The third-order valence-electron chi connectivity index (χ3n) is 4.64. The first-order valence-electron chi connectivity index (χ1n) is 6.88. The lowest BCUT2D eigenvalue weighted by molar-refractivity contribution is -0.287. The summed E-state index contributed by atoms with van der Waals surface area (Å²) in [6.07, 6.45) is 0.257. The number of benzene rings is 2. The molecule has 2 aromatic carbocycles. The summed E-state index contributed by atoms with van der Waals surface area (Å²) in [7, 11) is 0. The maximum Gasteiger partial charge on any atom is 0.126 e. The van der Waals surface area contributed by atoms with E-state index in [-0.39, 0.29) is 17.1 Å². The summed E-state index contributed by atoms with van der Waals surface area (Å²) in [6, 6.07) is 21.1. The normalized spacial score (nSPS) is 23.6. The molecule has 0 N–H and O–H groups in total. The van der Waals surface area contributed by atoms with Crippen molar-refractivity contribution in [3.63, 3.8) is 0 Å². The Kier molecular flexibility index (Phi) is 2.75. The molecule has 1 atom stereocenters. The molecule has 1 nitrogen and oxygen atoms in total. The summed E-state index contributed by atoms with van der Waals surface area (Å²) in [4.78, 5) is 0. The highest BCUT2D eigenvalue weighted by atomic mass is 16.5. The van der Waals surface area contributed by atoms with Crippen molar-refractivity contribution in [3.05, 3.63) is 71.8 Å². The number of hydrogen-bond acceptors (Lipinski definition) is 1. The predicted molar refractivity (Wildman–Crippen MR) is 78.0 cm³/mol. The quantitative estimate of drug-likeness (QED) is 0.771. The van der Waals surface area contributed by atoms with Crippen LogP contribution >= 0.6 is 0 Å². The van der Waals surface area contributed by atoms with Crippen molar-refractivity contribution in [1.82, 2.24) is 0 Å². The van der Waals surface area contributed by atoms with E-state index in [1.54, 1.807) is 0 Å². The van der Waals surface area contributed by atoms with Gasteiger partial charge in [-0.2, -0.15) is 0 Å². The molecular weight excluding hydrogens is 232 g/mol. The number of rotatable bonds is 2. The van der Waals surface area contributed by atoms with Crippen LogP contribution < -0.4 is 0 Å². The molecule has 0 spiro atoms. The molecule has 0 amide bonds. The minimum absolute atomic E-state index is 0.0791. The molecule has 1 fully saturated rings. The molecule has 0 aliphatic carbocycles. The smallest absolute Gasteiger partial charge is 0.126 e. The molecular formula is C18H20O. The summed E-state index contributed by atoms with van der Waals surface area (Å²) >= 11 is 0. The van der Waals surface area contributed by atoms with Gasteiger partial charge in [0, 0.05) is 5.41 Å². The molecule has 2 aromatic rings. The van der Waals surface area contributed by atoms with Gasteiger partial charge in [-0.15, -0.1) is 0 Å². The van der Waals surface area contributed by atoms with Crippen molar-refractivity contribution < 1.29 is 4.74 Å². The first-order valence-corrected chi connectivity index (χ1v) is 6.88. The summed E-state index contributed by atoms with van der Waals surface area (Å²) in [5, 5.41) is 0. The lowest BCUT2D eigenvalue weighted by atomic mass is 9.59. The molecule has 1 saturated heterocycles. The van der Waals surface area contributed by atoms with Gasteiger partial charge in [0.1, 0.15) is 5.60 Å². The lowest BCUT2D eigenvalue weighted by Gasteiger charge is -2.61. The third-order valence-corrected chi connectivity index (χ3v) is 4.64. The largest absolute Gasteiger partial charge is 0.361 e. The standard InChI is InChI=1S/C18H20O/c1-14-17(2,3)18(19-14,15-10-6-4-7-11-15)16-12-8-5-9-13-16/h4-14H,1-3H3/t14-/m0/s1. The summed E-state index contributed by atoms with van der Waals surface area (Å²) < 4.78 is 6.31. The second-order valence-corrected chi connectivity index (χ2v) is 5.90. The fourth-order valence-electron chi connectivity index (χ4n) is 3.19. The van der Waals surface area contributed by atoms with Crippen molar-refractivity contribution >= 4 is 0 Å². The van der Waals surface area contributed by atoms with Crippen LogP contribution in [0, 0.1) is 5.41 Å². The zero-order valence-electron chi connectivity index (χ0n) is 11.8. The Hall–Kier alpha value is -1.60. The molecule has 3 rings (SSSR count). The molecule has 0 bridgehead atoms. The molecule has 0 saturated carbocycles. The maximum atomic E-state index is 6.31. The van der Waals surface area contributed by atoms with Crippen molar-refractivity contribution in [2.75, 3.05) is 0 Å². The third kappa shape index (κ3) is 1.58. The Morgan fingerprint density at radius 3 is 1.53 bits per heavy atom. The van der Waals surface area contributed by atoms with Crippen LogP contribution in [0.5, 0.6) is 0 Å². The van der Waals surface area contributed by atoms with Crippen LogP contribution in [0.15, 0.2) is 60.7 Å². The van der Waals surface area contributed by atoms with E-state index in [1.165, 1.54) is 11.1 Å². The van der Waals surface area contributed by atoms with Gasteiger partial charge < -0.3 is 4.74 Å². The molecule has 1 heteroatoms. The van der Waals surface area contributed by atoms with Gasteiger partial charge in [-0.1, -0.05) is 74.5 Å². The van der Waals surface area contributed by atoms with Gasteiger partial charge in [0.25, 0.3) is 0 Å². The highest BCUT2D eigenvalue weighted by Gasteiger charge is 2.61. The van der Waals surface area contributed by atoms with E-state index in [1.807, 2.05) is 0 Å². The second-order valence-electron chi connectivity index (χ2n) is 5.90. The van der Waals surface area contributed by atoms with Crippen LogP contribution in [0.2, 0.25) is 0 Å². The average Bonchev–Trinajstić information content (AvgIpc) is 2.46. The summed E-state index contributed by atoms with van der Waals surface area (Å²) in [5.41, 5.74) is 2.23. The van der Waals surface area contributed by atoms with Crippen molar-refractivity contribution in [2.24, 2.45) is 5.41 Å². The van der Waals surface area contributed by atoms with Gasteiger partial charge >= 0.3 is 0 Å². The minimum atomic E-state index is -0.324. The first kappa shape index (κ1) is 12.4. The fourth-order valence-corrected chi connectivity index (χ4v) is 3.19. The van der Waals surface area contributed by atoms with E-state index in [4.69, 9.17) is 4.74 Å². The van der Waals surface area contributed by atoms with E-state index in [0.717, 1.165) is 0 Å². The summed E-state index contributed by atoms with van der Waals surface area (Å²) in [6.45, 7) is 6.74. The van der Waals surface area contributed by atoms with Crippen LogP contribution in [0.3, 0.4) is 0 Å². The highest BCUT2D eigenvalue weighted by Crippen LogP contribution is 2.59. The average molecular weight is 252 g/mol. The molecule has 0 unspecified atom stereocenters. The van der Waals surface area contributed by atoms with Crippen LogP contribution in [-0.2, 0) is 10.3 Å². The molecule has 19 heavy (non-hydrogen) atoms. The Labute approximate surface area is 115 Å². The van der Waals surface area contributed by atoms with Crippen LogP contribution in [0.1, 0.15) is 31.9 Å². The second kappa shape index (κ2) is 4.21. The predicted octanol–water partition coefficient (Wildman–Crippen LogP) is 4.38. The van der Waals surface area contributed by atoms with E-state index < -0.39 is 0 Å². The van der Waals surface area contributed by atoms with Crippen LogP contribution in [0.25, 0.3) is 0 Å². The van der Waals surface area contributed by atoms with Gasteiger partial charge in [-0.3, -0.25) is 0 Å². The zero-order valence-corrected chi connectivity index (χ0v) is 11.8. The van der Waals surface area contributed by atoms with Gasteiger partial charge in [-0.05, 0) is 18.1 Å². The van der Waals surface area contributed by atoms with Crippen LogP contribution in [-0.4, -0.2) is 6.10 Å². The Bertz CT molecular complexity index is 517. The maximum absolute atomic E-state index is 6.31. The molecule has 1 aliphatic rings. The first-order chi connectivity index (χ1) is 9.09. The molecule has 98 valence electrons. The molecule has 1 heterocycles. The van der Waals surface area contributed by atoms with E-state index in [0.29, 0.717) is 0 Å².